The van der Waals surface area contributed by atoms with E-state index in [1.807, 2.05) is 19.2 Å². The number of carbonyl (C=O) groups is 1. The molecule has 3 aromatic carbocycles. The van der Waals surface area contributed by atoms with Gasteiger partial charge in [-0.1, -0.05) is 31.4 Å². The van der Waals surface area contributed by atoms with Crippen molar-refractivity contribution in [3.05, 3.63) is 99.0 Å². The van der Waals surface area contributed by atoms with E-state index < -0.39 is 29.4 Å². The van der Waals surface area contributed by atoms with Gasteiger partial charge in [0.15, 0.2) is 11.6 Å². The molecular weight excluding hydrogens is 705 g/mol. The van der Waals surface area contributed by atoms with E-state index in [0.29, 0.717) is 17.4 Å². The minimum atomic E-state index is -1.14. The lowest BCUT2D eigenvalue weighted by Crippen LogP contribution is -2.25. The molecule has 2 aromatic heterocycles. The quantitative estimate of drug-likeness (QED) is 0.0554. The molecular formula is C35H37F2IN4O4. The van der Waals surface area contributed by atoms with Crippen molar-refractivity contribution in [3.63, 3.8) is 0 Å². The number of likely N-dealkylation sites (N-methyl/N-ethyl adjacent to an activating group) is 1. The minimum Gasteiger partial charge on any atom is -0.481 e. The number of aliphatic hydroxyl groups is 1. The van der Waals surface area contributed by atoms with E-state index in [0.717, 1.165) is 46.9 Å². The highest BCUT2D eigenvalue weighted by atomic mass is 127. The van der Waals surface area contributed by atoms with Crippen LogP contribution in [0.3, 0.4) is 0 Å². The van der Waals surface area contributed by atoms with Crippen LogP contribution in [0.2, 0.25) is 0 Å². The van der Waals surface area contributed by atoms with Crippen LogP contribution in [0.5, 0.6) is 11.5 Å². The zero-order chi connectivity index (χ0) is 32.8. The predicted octanol–water partition coefficient (Wildman–Crippen LogP) is 7.70. The van der Waals surface area contributed by atoms with Crippen LogP contribution in [-0.4, -0.2) is 50.8 Å². The van der Waals surface area contributed by atoms with Crippen LogP contribution in [-0.2, 0) is 16.6 Å². The number of carboxylic acids is 1. The van der Waals surface area contributed by atoms with Gasteiger partial charge in [-0.05, 0) is 91.4 Å². The molecule has 0 fully saturated rings. The van der Waals surface area contributed by atoms with Crippen LogP contribution in [0.1, 0.15) is 55.8 Å². The van der Waals surface area contributed by atoms with Gasteiger partial charge in [0.25, 0.3) is 0 Å². The number of halogens is 3. The zero-order valence-electron chi connectivity index (χ0n) is 25.7. The van der Waals surface area contributed by atoms with E-state index in [2.05, 4.69) is 61.9 Å². The predicted molar refractivity (Wildman–Crippen MR) is 182 cm³/mol. The Morgan fingerprint density at radius 2 is 1.93 bits per heavy atom. The van der Waals surface area contributed by atoms with Gasteiger partial charge in [-0.2, -0.15) is 0 Å². The van der Waals surface area contributed by atoms with E-state index in [-0.39, 0.29) is 34.6 Å². The van der Waals surface area contributed by atoms with Crippen molar-refractivity contribution in [1.82, 2.24) is 20.3 Å². The van der Waals surface area contributed by atoms with Crippen LogP contribution < -0.4 is 10.1 Å². The first kappa shape index (κ1) is 33.6. The summed E-state index contributed by atoms with van der Waals surface area (Å²) in [5, 5.41) is 23.1. The largest absolute Gasteiger partial charge is 0.481 e. The Kier molecular flexibility index (Phi) is 10.7. The molecule has 0 aliphatic heterocycles. The van der Waals surface area contributed by atoms with Crippen molar-refractivity contribution in [2.24, 2.45) is 0 Å². The van der Waals surface area contributed by atoms with Crippen molar-refractivity contribution < 1.29 is 28.5 Å². The van der Waals surface area contributed by atoms with Crippen molar-refractivity contribution >= 4 is 39.5 Å². The average molecular weight is 743 g/mol. The van der Waals surface area contributed by atoms with Crippen molar-refractivity contribution in [2.75, 3.05) is 13.6 Å². The Balaban J connectivity index is 1.43. The summed E-state index contributed by atoms with van der Waals surface area (Å²) in [5.41, 5.74) is 2.23. The van der Waals surface area contributed by atoms with Crippen LogP contribution in [0.15, 0.2) is 67.0 Å². The maximum absolute atomic E-state index is 15.3. The van der Waals surface area contributed by atoms with Gasteiger partial charge in [0, 0.05) is 56.2 Å². The molecule has 2 unspecified atom stereocenters. The van der Waals surface area contributed by atoms with Gasteiger partial charge in [0.05, 0.1) is 18.1 Å². The fourth-order valence-electron chi connectivity index (χ4n) is 5.91. The maximum atomic E-state index is 15.3. The molecule has 5 aromatic rings. The lowest BCUT2D eigenvalue weighted by Gasteiger charge is -2.29. The number of hydrogen-bond donors (Lipinski definition) is 5. The van der Waals surface area contributed by atoms with Crippen LogP contribution in [0.4, 0.5) is 8.78 Å². The number of rotatable bonds is 15. The average Bonchev–Trinajstić information content (AvgIpc) is 3.70. The van der Waals surface area contributed by atoms with Crippen molar-refractivity contribution in [2.45, 2.75) is 57.0 Å². The molecule has 242 valence electrons. The first-order chi connectivity index (χ1) is 22.1. The molecule has 46 heavy (non-hydrogen) atoms. The number of aliphatic carboxylic acids is 1. The Hall–Kier alpha value is -3.81. The highest BCUT2D eigenvalue weighted by molar-refractivity contribution is 14.1. The number of imidazole rings is 1. The number of aliphatic hydroxyl groups excluding tert-OH is 1. The summed E-state index contributed by atoms with van der Waals surface area (Å²) in [5.74, 6) is -2.22. The van der Waals surface area contributed by atoms with Crippen LogP contribution in [0, 0.1) is 15.2 Å². The zero-order valence-corrected chi connectivity index (χ0v) is 27.8. The Labute approximate surface area is 279 Å². The van der Waals surface area contributed by atoms with E-state index in [1.165, 1.54) is 24.3 Å². The molecule has 0 saturated heterocycles. The fourth-order valence-corrected chi connectivity index (χ4v) is 6.45. The van der Waals surface area contributed by atoms with Gasteiger partial charge in [0.1, 0.15) is 17.4 Å². The molecule has 2 heterocycles. The molecule has 2 atom stereocenters. The number of aromatic amines is 2. The standard InChI is InChI=1S/C35H37F2IN4O4/c1-35(21-7-6-8-22(38)15-21,13-5-3-4-9-23(43)19-39-2)31-20-41-34(42-31)27-16-24(10-11-28(27)36)46-33-26(17-32(44)45)25-12-14-40-30(25)18-29(33)37/h6-8,10-12,14-16,18,20,23,39-40,43H,3-5,9,13,17,19H2,1-2H3,(H,41,42)(H,44,45). The number of carboxylic acid groups (broad SMARTS) is 1. The summed E-state index contributed by atoms with van der Waals surface area (Å²) in [6, 6.07) is 15.2. The highest BCUT2D eigenvalue weighted by Crippen LogP contribution is 2.39. The molecule has 8 nitrogen and oxygen atoms in total. The third-order valence-electron chi connectivity index (χ3n) is 8.39. The molecule has 0 spiro atoms. The molecule has 0 amide bonds. The number of hydrogen-bond acceptors (Lipinski definition) is 5. The monoisotopic (exact) mass is 742 g/mol. The number of unbranched alkanes of at least 4 members (excludes halogenated alkanes) is 2. The van der Waals surface area contributed by atoms with Crippen LogP contribution in [0.25, 0.3) is 22.3 Å². The molecule has 0 radical (unpaired) electrons. The van der Waals surface area contributed by atoms with Gasteiger partial charge < -0.3 is 30.2 Å². The number of H-pyrrole nitrogens is 2. The Morgan fingerprint density at radius 1 is 1.11 bits per heavy atom. The van der Waals surface area contributed by atoms with E-state index in [9.17, 15) is 15.0 Å². The molecule has 0 saturated carbocycles. The summed E-state index contributed by atoms with van der Waals surface area (Å²) in [7, 11) is 1.82. The molecule has 0 bridgehead atoms. The number of nitrogens with zero attached hydrogens (tertiary/aromatic N) is 1. The highest BCUT2D eigenvalue weighted by Gasteiger charge is 2.31. The third-order valence-corrected chi connectivity index (χ3v) is 9.06. The SMILES string of the molecule is CNCC(O)CCCCCC(C)(c1cccc(I)c1)c1cnc(-c2cc(Oc3c(F)cc4[nH]ccc4c3CC(=O)O)ccc2F)[nH]1. The van der Waals surface area contributed by atoms with Gasteiger partial charge in [-0.3, -0.25) is 4.79 Å². The third kappa shape index (κ3) is 7.59. The van der Waals surface area contributed by atoms with Gasteiger partial charge >= 0.3 is 5.97 Å². The van der Waals surface area contributed by atoms with Gasteiger partial charge in [0.2, 0.25) is 0 Å². The van der Waals surface area contributed by atoms with Crippen molar-refractivity contribution in [1.29, 1.82) is 0 Å². The van der Waals surface area contributed by atoms with Gasteiger partial charge in [-0.15, -0.1) is 0 Å². The summed E-state index contributed by atoms with van der Waals surface area (Å²) < 4.78 is 37.5. The molecule has 0 aliphatic carbocycles. The van der Waals surface area contributed by atoms with Gasteiger partial charge in [-0.25, -0.2) is 13.8 Å². The number of nitrogens with one attached hydrogen (secondary N) is 3. The summed E-state index contributed by atoms with van der Waals surface area (Å²) >= 11 is 2.29. The lowest BCUT2D eigenvalue weighted by molar-refractivity contribution is -0.136. The van der Waals surface area contributed by atoms with E-state index in [1.54, 1.807) is 18.5 Å². The summed E-state index contributed by atoms with van der Waals surface area (Å²) in [6.45, 7) is 2.71. The second-order valence-electron chi connectivity index (χ2n) is 11.7. The Bertz CT molecular complexity index is 1820. The fraction of sp³-hybridized carbons (Fsp3) is 0.314. The van der Waals surface area contributed by atoms with Crippen molar-refractivity contribution in [3.8, 4) is 22.9 Å². The van der Waals surface area contributed by atoms with E-state index >= 15 is 8.78 Å². The summed E-state index contributed by atoms with van der Waals surface area (Å²) in [6.07, 6.45) is 6.80. The summed E-state index contributed by atoms with van der Waals surface area (Å²) in [4.78, 5) is 22.4. The maximum Gasteiger partial charge on any atom is 0.307 e. The van der Waals surface area contributed by atoms with Crippen LogP contribution >= 0.6 is 22.6 Å². The second-order valence-corrected chi connectivity index (χ2v) is 13.0. The topological polar surface area (TPSA) is 123 Å². The first-order valence-electron chi connectivity index (χ1n) is 15.2. The number of ether oxygens (including phenoxy) is 1. The van der Waals surface area contributed by atoms with E-state index in [4.69, 9.17) is 4.74 Å². The normalized spacial score (nSPS) is 13.5. The lowest BCUT2D eigenvalue weighted by atomic mass is 9.75. The number of fused-ring (bicyclic) bond motifs is 1. The second kappa shape index (κ2) is 14.7. The molecule has 5 N–H and O–H groups in total. The minimum absolute atomic E-state index is 0.134. The smallest absolute Gasteiger partial charge is 0.307 e. The number of benzene rings is 3. The molecule has 11 heteroatoms. The molecule has 5 rings (SSSR count). The number of aromatic nitrogens is 3. The Morgan fingerprint density at radius 3 is 2.70 bits per heavy atom. The first-order valence-corrected chi connectivity index (χ1v) is 16.3. The molecule has 0 aliphatic rings.